The molecule has 0 spiro atoms. The van der Waals surface area contributed by atoms with Crippen molar-refractivity contribution in [3.63, 3.8) is 0 Å². The largest absolute Gasteiger partial charge is 0.480 e. The summed E-state index contributed by atoms with van der Waals surface area (Å²) in [7, 11) is 2.15. The van der Waals surface area contributed by atoms with Crippen LogP contribution in [-0.2, 0) is 24.1 Å². The normalized spacial score (nSPS) is 18.6. The first-order valence-corrected chi connectivity index (χ1v) is 14.5. The lowest BCUT2D eigenvalue weighted by molar-refractivity contribution is -0.143. The number of aryl methyl sites for hydroxylation is 2. The van der Waals surface area contributed by atoms with Gasteiger partial charge in [-0.3, -0.25) is 9.69 Å². The third-order valence-electron chi connectivity index (χ3n) is 8.38. The van der Waals surface area contributed by atoms with Crippen LogP contribution in [0.15, 0.2) is 24.3 Å². The Morgan fingerprint density at radius 2 is 2.08 bits per heavy atom. The van der Waals surface area contributed by atoms with E-state index in [1.165, 1.54) is 17.7 Å². The minimum absolute atomic E-state index is 0.140. The van der Waals surface area contributed by atoms with Crippen molar-refractivity contribution < 1.29 is 14.3 Å². The maximum atomic E-state index is 14.9. The van der Waals surface area contributed by atoms with Crippen molar-refractivity contribution in [3.05, 3.63) is 58.0 Å². The number of carboxylic acid groups (broad SMARTS) is 1. The van der Waals surface area contributed by atoms with Gasteiger partial charge in [-0.05, 0) is 98.8 Å². The van der Waals surface area contributed by atoms with E-state index in [-0.39, 0.29) is 11.7 Å². The molecule has 0 aliphatic carbocycles. The first-order chi connectivity index (χ1) is 18.3. The van der Waals surface area contributed by atoms with Gasteiger partial charge in [0.15, 0.2) is 0 Å². The summed E-state index contributed by atoms with van der Waals surface area (Å²) in [5, 5.41) is 13.6. The number of benzene rings is 1. The number of aliphatic carboxylic acids is 1. The standard InChI is InChI=1S/C31H45FN4O2/c1-5-26-27(18-23(21(2)3)19-28(26)32)29(31(37)38)36-17-14-25(20-36)35(4)16-8-6-7-11-24-13-12-22-10-9-15-33-30(22)34-24/h12-13,18-19,21,25,29H,5-11,14-17,20H2,1-4H3,(H,33,34)(H,37,38)/t25-,29-/m1/s1. The van der Waals surface area contributed by atoms with Gasteiger partial charge in [-0.2, -0.15) is 0 Å². The topological polar surface area (TPSA) is 68.7 Å². The van der Waals surface area contributed by atoms with Crippen LogP contribution in [0.4, 0.5) is 10.2 Å². The van der Waals surface area contributed by atoms with Crippen molar-refractivity contribution in [2.45, 2.75) is 90.1 Å². The van der Waals surface area contributed by atoms with E-state index < -0.39 is 12.0 Å². The first-order valence-electron chi connectivity index (χ1n) is 14.5. The van der Waals surface area contributed by atoms with Gasteiger partial charge < -0.3 is 15.3 Å². The van der Waals surface area contributed by atoms with Gasteiger partial charge in [0, 0.05) is 31.4 Å². The van der Waals surface area contributed by atoms with Gasteiger partial charge in [0.1, 0.15) is 17.7 Å². The van der Waals surface area contributed by atoms with Crippen molar-refractivity contribution in [2.75, 3.05) is 38.5 Å². The number of nitrogens with one attached hydrogen (secondary N) is 1. The van der Waals surface area contributed by atoms with E-state index in [2.05, 4.69) is 29.4 Å². The number of unbranched alkanes of at least 4 members (excludes halogenated alkanes) is 2. The van der Waals surface area contributed by atoms with E-state index in [1.807, 2.05) is 31.7 Å². The molecule has 1 fully saturated rings. The molecule has 3 heterocycles. The molecule has 0 bridgehead atoms. The van der Waals surface area contributed by atoms with Crippen LogP contribution < -0.4 is 5.32 Å². The number of carboxylic acids is 1. The van der Waals surface area contributed by atoms with Crippen molar-refractivity contribution in [2.24, 2.45) is 0 Å². The minimum atomic E-state index is -0.894. The molecule has 1 aromatic heterocycles. The number of aromatic nitrogens is 1. The fourth-order valence-corrected chi connectivity index (χ4v) is 6.01. The van der Waals surface area contributed by atoms with Gasteiger partial charge >= 0.3 is 5.97 Å². The van der Waals surface area contributed by atoms with Gasteiger partial charge in [-0.25, -0.2) is 9.37 Å². The molecule has 4 rings (SSSR count). The van der Waals surface area contributed by atoms with Crippen molar-refractivity contribution in [1.29, 1.82) is 0 Å². The minimum Gasteiger partial charge on any atom is -0.480 e. The Morgan fingerprint density at radius 3 is 2.82 bits per heavy atom. The van der Waals surface area contributed by atoms with Gasteiger partial charge in [0.05, 0.1) is 0 Å². The summed E-state index contributed by atoms with van der Waals surface area (Å²) in [5.41, 5.74) is 4.51. The molecule has 0 saturated carbocycles. The maximum Gasteiger partial charge on any atom is 0.325 e. The highest BCUT2D eigenvalue weighted by Gasteiger charge is 2.36. The number of pyridine rings is 1. The molecule has 7 heteroatoms. The lowest BCUT2D eigenvalue weighted by Gasteiger charge is -2.29. The number of halogens is 1. The van der Waals surface area contributed by atoms with Crippen LogP contribution in [0.5, 0.6) is 0 Å². The Hall–Kier alpha value is -2.51. The highest BCUT2D eigenvalue weighted by molar-refractivity contribution is 5.76. The Morgan fingerprint density at radius 1 is 1.26 bits per heavy atom. The third-order valence-corrected chi connectivity index (χ3v) is 8.38. The molecule has 6 nitrogen and oxygen atoms in total. The number of likely N-dealkylation sites (tertiary alicyclic amines) is 1. The molecule has 38 heavy (non-hydrogen) atoms. The van der Waals surface area contributed by atoms with Gasteiger partial charge in [0.25, 0.3) is 0 Å². The lowest BCUT2D eigenvalue weighted by atomic mass is 9.91. The van der Waals surface area contributed by atoms with Crippen LogP contribution >= 0.6 is 0 Å². The monoisotopic (exact) mass is 524 g/mol. The molecule has 0 unspecified atom stereocenters. The molecule has 2 N–H and O–H groups in total. The number of anilines is 1. The molecule has 1 aromatic carbocycles. The van der Waals surface area contributed by atoms with Crippen molar-refractivity contribution in [1.82, 2.24) is 14.8 Å². The summed E-state index contributed by atoms with van der Waals surface area (Å²) < 4.78 is 14.9. The van der Waals surface area contributed by atoms with E-state index in [1.54, 1.807) is 6.07 Å². The number of rotatable bonds is 12. The average molecular weight is 525 g/mol. The Bertz CT molecular complexity index is 1110. The first kappa shape index (κ1) is 28.5. The summed E-state index contributed by atoms with van der Waals surface area (Å²) in [4.78, 5) is 21.7. The molecule has 208 valence electrons. The van der Waals surface area contributed by atoms with Crippen LogP contribution in [0, 0.1) is 5.82 Å². The molecule has 0 amide bonds. The van der Waals surface area contributed by atoms with E-state index in [0.717, 1.165) is 63.0 Å². The highest BCUT2D eigenvalue weighted by Crippen LogP contribution is 2.33. The lowest BCUT2D eigenvalue weighted by Crippen LogP contribution is -2.38. The second-order valence-corrected chi connectivity index (χ2v) is 11.4. The van der Waals surface area contributed by atoms with E-state index in [4.69, 9.17) is 4.98 Å². The average Bonchev–Trinajstić information content (AvgIpc) is 3.37. The molecule has 1 saturated heterocycles. The van der Waals surface area contributed by atoms with E-state index >= 15 is 0 Å². The fraction of sp³-hybridized carbons (Fsp3) is 0.613. The molecule has 2 aromatic rings. The van der Waals surface area contributed by atoms with Crippen LogP contribution in [0.2, 0.25) is 0 Å². The van der Waals surface area contributed by atoms with E-state index in [0.29, 0.717) is 36.7 Å². The Labute approximate surface area is 227 Å². The van der Waals surface area contributed by atoms with Crippen molar-refractivity contribution in [3.8, 4) is 0 Å². The van der Waals surface area contributed by atoms with Crippen LogP contribution in [0.25, 0.3) is 0 Å². The molecule has 2 aliphatic rings. The zero-order chi connectivity index (χ0) is 27.2. The number of likely N-dealkylation sites (N-methyl/N-ethyl adjacent to an activating group) is 1. The number of carbonyl (C=O) groups is 1. The van der Waals surface area contributed by atoms with Crippen LogP contribution in [-0.4, -0.2) is 65.1 Å². The fourth-order valence-electron chi connectivity index (χ4n) is 6.01. The van der Waals surface area contributed by atoms with Gasteiger partial charge in [-0.1, -0.05) is 39.3 Å². The summed E-state index contributed by atoms with van der Waals surface area (Å²) in [6.45, 7) is 9.34. The molecule has 2 atom stereocenters. The SMILES string of the molecule is CCc1c(F)cc(C(C)C)cc1[C@H](C(=O)O)N1CC[C@@H](N(C)CCCCCc2ccc3c(n2)NCCC3)C1. The van der Waals surface area contributed by atoms with Gasteiger partial charge in [-0.15, -0.1) is 0 Å². The summed E-state index contributed by atoms with van der Waals surface area (Å²) in [6, 6.07) is 7.41. The number of hydrogen-bond acceptors (Lipinski definition) is 5. The molecule has 0 radical (unpaired) electrons. The van der Waals surface area contributed by atoms with Crippen LogP contribution in [0.3, 0.4) is 0 Å². The maximum absolute atomic E-state index is 14.9. The summed E-state index contributed by atoms with van der Waals surface area (Å²) >= 11 is 0. The number of hydrogen-bond donors (Lipinski definition) is 2. The summed E-state index contributed by atoms with van der Waals surface area (Å²) in [6.07, 6.45) is 8.09. The second kappa shape index (κ2) is 13.0. The number of fused-ring (bicyclic) bond motifs is 1. The van der Waals surface area contributed by atoms with E-state index in [9.17, 15) is 14.3 Å². The molecule has 2 aliphatic heterocycles. The predicted molar refractivity (Wildman–Crippen MR) is 151 cm³/mol. The quantitative estimate of drug-likeness (QED) is 0.342. The Balaban J connectivity index is 1.29. The number of nitrogens with zero attached hydrogens (tertiary/aromatic N) is 3. The van der Waals surface area contributed by atoms with Gasteiger partial charge in [0.2, 0.25) is 0 Å². The second-order valence-electron chi connectivity index (χ2n) is 11.4. The zero-order valence-corrected chi connectivity index (χ0v) is 23.6. The Kier molecular flexibility index (Phi) is 9.77. The summed E-state index contributed by atoms with van der Waals surface area (Å²) in [5.74, 6) is 0.0355. The molecular formula is C31H45FN4O2. The molecular weight excluding hydrogens is 479 g/mol. The van der Waals surface area contributed by atoms with Crippen LogP contribution in [0.1, 0.15) is 92.8 Å². The predicted octanol–water partition coefficient (Wildman–Crippen LogP) is 5.81. The smallest absolute Gasteiger partial charge is 0.325 e. The third kappa shape index (κ3) is 6.73. The highest BCUT2D eigenvalue weighted by atomic mass is 19.1. The zero-order valence-electron chi connectivity index (χ0n) is 23.6. The van der Waals surface area contributed by atoms with Crippen molar-refractivity contribution >= 4 is 11.8 Å².